The van der Waals surface area contributed by atoms with E-state index in [0.29, 0.717) is 26.3 Å². The Kier molecular flexibility index (Phi) is 9.00. The first-order valence-electron chi connectivity index (χ1n) is 11.7. The number of hydrogen-bond acceptors (Lipinski definition) is 5. The summed E-state index contributed by atoms with van der Waals surface area (Å²) in [5.74, 6) is 0.998. The van der Waals surface area contributed by atoms with Crippen molar-refractivity contribution < 1.29 is 19.1 Å². The van der Waals surface area contributed by atoms with E-state index in [1.165, 1.54) is 43.7 Å². The van der Waals surface area contributed by atoms with Gasteiger partial charge in [0.2, 0.25) is 5.91 Å². The number of benzene rings is 1. The van der Waals surface area contributed by atoms with Crippen molar-refractivity contribution >= 4 is 17.7 Å². The van der Waals surface area contributed by atoms with Crippen LogP contribution in [-0.4, -0.2) is 74.3 Å². The Morgan fingerprint density at radius 2 is 1.71 bits per heavy atom. The van der Waals surface area contributed by atoms with Crippen molar-refractivity contribution in [1.82, 2.24) is 9.80 Å². The van der Waals surface area contributed by atoms with Crippen LogP contribution in [0.1, 0.15) is 46.0 Å². The Labute approximate surface area is 186 Å². The predicted octanol–water partition coefficient (Wildman–Crippen LogP) is 3.77. The number of carbonyl (C=O) groups excluding carboxylic acids is 2. The van der Waals surface area contributed by atoms with E-state index in [4.69, 9.17) is 9.47 Å². The number of piperazine rings is 1. The molecule has 0 aromatic heterocycles. The third kappa shape index (κ3) is 7.42. The van der Waals surface area contributed by atoms with Crippen molar-refractivity contribution in [2.45, 2.75) is 46.0 Å². The highest BCUT2D eigenvalue weighted by atomic mass is 16.6. The van der Waals surface area contributed by atoms with Crippen LogP contribution in [0.3, 0.4) is 0 Å². The van der Waals surface area contributed by atoms with Gasteiger partial charge < -0.3 is 19.3 Å². The fourth-order valence-electron chi connectivity index (χ4n) is 3.99. The molecule has 2 aliphatic heterocycles. The van der Waals surface area contributed by atoms with Gasteiger partial charge in [-0.05, 0) is 62.5 Å². The lowest BCUT2D eigenvalue weighted by Gasteiger charge is -2.33. The molecular formula is C24H37N3O4. The molecule has 0 bridgehead atoms. The summed E-state index contributed by atoms with van der Waals surface area (Å²) in [6.07, 6.45) is 5.96. The molecule has 2 amide bonds. The van der Waals surface area contributed by atoms with E-state index in [0.717, 1.165) is 24.4 Å². The summed E-state index contributed by atoms with van der Waals surface area (Å²) in [4.78, 5) is 30.4. The molecule has 1 aromatic carbocycles. The number of rotatable bonds is 8. The third-order valence-electron chi connectivity index (χ3n) is 5.75. The van der Waals surface area contributed by atoms with Gasteiger partial charge in [0.25, 0.3) is 0 Å². The Morgan fingerprint density at radius 3 is 2.35 bits per heavy atom. The molecule has 2 fully saturated rings. The van der Waals surface area contributed by atoms with Crippen molar-refractivity contribution in [3.63, 3.8) is 0 Å². The highest BCUT2D eigenvalue weighted by Gasteiger charge is 2.29. The third-order valence-corrected chi connectivity index (χ3v) is 5.75. The van der Waals surface area contributed by atoms with E-state index >= 15 is 0 Å². The van der Waals surface area contributed by atoms with E-state index in [-0.39, 0.29) is 18.4 Å². The second kappa shape index (κ2) is 11.9. The molecule has 31 heavy (non-hydrogen) atoms. The van der Waals surface area contributed by atoms with Crippen LogP contribution in [0.4, 0.5) is 10.5 Å². The van der Waals surface area contributed by atoms with E-state index < -0.39 is 6.09 Å². The Hall–Kier alpha value is -2.28. The Morgan fingerprint density at radius 1 is 1.00 bits per heavy atom. The van der Waals surface area contributed by atoms with Crippen LogP contribution in [0.2, 0.25) is 0 Å². The van der Waals surface area contributed by atoms with Crippen LogP contribution in [0.5, 0.6) is 5.75 Å². The van der Waals surface area contributed by atoms with Crippen LogP contribution in [0, 0.1) is 5.92 Å². The van der Waals surface area contributed by atoms with Crippen LogP contribution in [0.25, 0.3) is 0 Å². The highest BCUT2D eigenvalue weighted by Crippen LogP contribution is 2.22. The molecule has 0 unspecified atom stereocenters. The molecule has 7 heteroatoms. The van der Waals surface area contributed by atoms with E-state index in [1.807, 2.05) is 38.1 Å². The van der Waals surface area contributed by atoms with Crippen molar-refractivity contribution in [2.75, 3.05) is 57.4 Å². The molecule has 172 valence electrons. The average molecular weight is 432 g/mol. The number of nitrogens with zero attached hydrogens (tertiary/aromatic N) is 3. The van der Waals surface area contributed by atoms with Gasteiger partial charge >= 0.3 is 6.09 Å². The minimum absolute atomic E-state index is 0.0473. The molecule has 2 heterocycles. The van der Waals surface area contributed by atoms with Crippen LogP contribution >= 0.6 is 0 Å². The largest absolute Gasteiger partial charge is 0.494 e. The number of amides is 2. The number of anilines is 1. The first kappa shape index (κ1) is 23.4. The molecule has 0 N–H and O–H groups in total. The van der Waals surface area contributed by atoms with Gasteiger partial charge in [0, 0.05) is 25.3 Å². The minimum atomic E-state index is -0.411. The van der Waals surface area contributed by atoms with E-state index in [9.17, 15) is 9.59 Å². The molecule has 3 rings (SSSR count). The predicted molar refractivity (Wildman–Crippen MR) is 122 cm³/mol. The minimum Gasteiger partial charge on any atom is -0.494 e. The summed E-state index contributed by atoms with van der Waals surface area (Å²) in [6.45, 7) is 9.54. The lowest BCUT2D eigenvalue weighted by atomic mass is 10.2. The van der Waals surface area contributed by atoms with Gasteiger partial charge in [-0.2, -0.15) is 0 Å². The van der Waals surface area contributed by atoms with Crippen LogP contribution in [-0.2, 0) is 9.53 Å². The molecule has 0 aliphatic carbocycles. The lowest BCUT2D eigenvalue weighted by Crippen LogP contribution is -2.52. The Bertz CT molecular complexity index is 699. The first-order valence-corrected chi connectivity index (χ1v) is 11.7. The fraction of sp³-hybridized carbons (Fsp3) is 0.667. The van der Waals surface area contributed by atoms with E-state index in [1.54, 1.807) is 4.90 Å². The monoisotopic (exact) mass is 431 g/mol. The number of hydrogen-bond donors (Lipinski definition) is 0. The van der Waals surface area contributed by atoms with Crippen molar-refractivity contribution in [1.29, 1.82) is 0 Å². The molecule has 2 saturated heterocycles. The highest BCUT2D eigenvalue weighted by molar-refractivity contribution is 5.97. The smallest absolute Gasteiger partial charge is 0.410 e. The van der Waals surface area contributed by atoms with Gasteiger partial charge in [0.05, 0.1) is 13.2 Å². The summed E-state index contributed by atoms with van der Waals surface area (Å²) >= 11 is 0. The maximum atomic E-state index is 12.6. The average Bonchev–Trinajstić information content (AvgIpc) is 3.04. The van der Waals surface area contributed by atoms with E-state index in [2.05, 4.69) is 4.90 Å². The zero-order valence-electron chi connectivity index (χ0n) is 19.1. The van der Waals surface area contributed by atoms with Crippen molar-refractivity contribution in [3.8, 4) is 5.75 Å². The lowest BCUT2D eigenvalue weighted by molar-refractivity contribution is -0.120. The van der Waals surface area contributed by atoms with Gasteiger partial charge in [-0.1, -0.05) is 26.7 Å². The molecule has 1 aromatic rings. The molecule has 7 nitrogen and oxygen atoms in total. The molecular weight excluding hydrogens is 394 g/mol. The van der Waals surface area contributed by atoms with Gasteiger partial charge in [-0.3, -0.25) is 9.69 Å². The molecule has 2 aliphatic rings. The maximum absolute atomic E-state index is 12.6. The number of likely N-dealkylation sites (tertiary alicyclic amines) is 1. The van der Waals surface area contributed by atoms with Gasteiger partial charge in [-0.25, -0.2) is 4.79 Å². The quantitative estimate of drug-likeness (QED) is 0.587. The van der Waals surface area contributed by atoms with Crippen LogP contribution < -0.4 is 9.64 Å². The summed E-state index contributed by atoms with van der Waals surface area (Å²) in [5.41, 5.74) is 0.831. The molecule has 0 atom stereocenters. The molecule has 0 saturated carbocycles. The zero-order valence-corrected chi connectivity index (χ0v) is 19.1. The summed E-state index contributed by atoms with van der Waals surface area (Å²) < 4.78 is 11.1. The maximum Gasteiger partial charge on any atom is 0.410 e. The van der Waals surface area contributed by atoms with Crippen molar-refractivity contribution in [3.05, 3.63) is 24.3 Å². The van der Waals surface area contributed by atoms with Gasteiger partial charge in [-0.15, -0.1) is 0 Å². The number of ether oxygens (including phenoxy) is 2. The molecule has 0 radical (unpaired) electrons. The van der Waals surface area contributed by atoms with Crippen molar-refractivity contribution in [2.24, 2.45) is 5.92 Å². The topological polar surface area (TPSA) is 62.3 Å². The SMILES string of the molecule is CC(C)COC(=O)N1CCN(c2ccc(OCCCN3CCCCCC3)cc2)C(=O)C1. The molecule has 0 spiro atoms. The standard InChI is InChI=1S/C24H37N3O4/c1-20(2)19-31-24(29)26-15-16-27(23(28)18-26)21-8-10-22(11-9-21)30-17-7-14-25-12-5-3-4-6-13-25/h8-11,20H,3-7,12-19H2,1-2H3. The second-order valence-corrected chi connectivity index (χ2v) is 8.89. The number of carbonyl (C=O) groups is 2. The fourth-order valence-corrected chi connectivity index (χ4v) is 3.99. The van der Waals surface area contributed by atoms with Gasteiger partial charge in [0.1, 0.15) is 12.3 Å². The zero-order chi connectivity index (χ0) is 22.1. The Balaban J connectivity index is 1.40. The van der Waals surface area contributed by atoms with Crippen LogP contribution in [0.15, 0.2) is 24.3 Å². The summed E-state index contributed by atoms with van der Waals surface area (Å²) in [5, 5.41) is 0. The van der Waals surface area contributed by atoms with Gasteiger partial charge in [0.15, 0.2) is 0 Å². The normalized spacial score (nSPS) is 18.2. The first-order chi connectivity index (χ1) is 15.0. The summed E-state index contributed by atoms with van der Waals surface area (Å²) in [6, 6.07) is 7.65. The second-order valence-electron chi connectivity index (χ2n) is 8.89. The summed E-state index contributed by atoms with van der Waals surface area (Å²) in [7, 11) is 0.